The molecular weight excluding hydrogens is 214 g/mol. The Morgan fingerprint density at radius 2 is 2.00 bits per heavy atom. The second kappa shape index (κ2) is 4.67. The fourth-order valence-corrected chi connectivity index (χ4v) is 2.83. The molecule has 0 unspecified atom stereocenters. The highest BCUT2D eigenvalue weighted by molar-refractivity contribution is 5.42. The van der Waals surface area contributed by atoms with Crippen LogP contribution in [-0.4, -0.2) is 22.9 Å². The van der Waals surface area contributed by atoms with Gasteiger partial charge in [0.2, 0.25) is 0 Å². The van der Waals surface area contributed by atoms with Crippen molar-refractivity contribution >= 4 is 0 Å². The van der Waals surface area contributed by atoms with Crippen LogP contribution in [0.25, 0.3) is 0 Å². The Kier molecular flexibility index (Phi) is 3.40. The van der Waals surface area contributed by atoms with E-state index in [9.17, 15) is 10.2 Å². The average molecular weight is 235 g/mol. The number of nitrogens with two attached hydrogens (primary N) is 1. The SMILES string of the molecule is Cc1ccc(C2(CN)CCC(O)CC2)c(O)c1. The lowest BCUT2D eigenvalue weighted by Crippen LogP contribution is -2.40. The van der Waals surface area contributed by atoms with Crippen LogP contribution in [-0.2, 0) is 5.41 Å². The Morgan fingerprint density at radius 1 is 1.35 bits per heavy atom. The minimum Gasteiger partial charge on any atom is -0.508 e. The predicted molar refractivity (Wildman–Crippen MR) is 68.1 cm³/mol. The first kappa shape index (κ1) is 12.4. The summed E-state index contributed by atoms with van der Waals surface area (Å²) in [7, 11) is 0. The van der Waals surface area contributed by atoms with Crippen LogP contribution in [0.2, 0.25) is 0 Å². The number of aryl methyl sites for hydroxylation is 1. The Hall–Kier alpha value is -1.06. The highest BCUT2D eigenvalue weighted by atomic mass is 16.3. The normalized spacial score (nSPS) is 29.2. The van der Waals surface area contributed by atoms with Crippen LogP contribution in [0.3, 0.4) is 0 Å². The summed E-state index contributed by atoms with van der Waals surface area (Å²) in [5, 5.41) is 19.7. The average Bonchev–Trinajstić information content (AvgIpc) is 2.31. The summed E-state index contributed by atoms with van der Waals surface area (Å²) in [5.41, 5.74) is 7.77. The van der Waals surface area contributed by atoms with E-state index in [0.29, 0.717) is 12.3 Å². The highest BCUT2D eigenvalue weighted by Gasteiger charge is 2.36. The van der Waals surface area contributed by atoms with Crippen molar-refractivity contribution in [3.05, 3.63) is 29.3 Å². The molecule has 1 saturated carbocycles. The largest absolute Gasteiger partial charge is 0.508 e. The van der Waals surface area contributed by atoms with Gasteiger partial charge in [-0.1, -0.05) is 12.1 Å². The molecule has 4 N–H and O–H groups in total. The van der Waals surface area contributed by atoms with Crippen molar-refractivity contribution in [2.24, 2.45) is 5.73 Å². The first-order chi connectivity index (χ1) is 8.07. The van der Waals surface area contributed by atoms with E-state index in [1.165, 1.54) is 0 Å². The summed E-state index contributed by atoms with van der Waals surface area (Å²) in [6.07, 6.45) is 3.03. The minimum absolute atomic E-state index is 0.156. The number of hydrogen-bond acceptors (Lipinski definition) is 3. The first-order valence-electron chi connectivity index (χ1n) is 6.26. The maximum Gasteiger partial charge on any atom is 0.119 e. The molecule has 0 aliphatic heterocycles. The van der Waals surface area contributed by atoms with E-state index in [1.54, 1.807) is 6.07 Å². The van der Waals surface area contributed by atoms with Crippen LogP contribution in [0.15, 0.2) is 18.2 Å². The lowest BCUT2D eigenvalue weighted by Gasteiger charge is -2.39. The standard InChI is InChI=1S/C14H21NO2/c1-10-2-3-12(13(17)8-10)14(9-15)6-4-11(16)5-7-14/h2-3,8,11,16-17H,4-7,9,15H2,1H3. The molecule has 0 aromatic heterocycles. The van der Waals surface area contributed by atoms with Crippen molar-refractivity contribution in [2.75, 3.05) is 6.54 Å². The molecule has 17 heavy (non-hydrogen) atoms. The summed E-state index contributed by atoms with van der Waals surface area (Å²) in [6.45, 7) is 2.49. The molecule has 0 amide bonds. The van der Waals surface area contributed by atoms with E-state index in [0.717, 1.165) is 36.8 Å². The summed E-state index contributed by atoms with van der Waals surface area (Å²) in [6, 6.07) is 5.78. The number of rotatable bonds is 2. The molecule has 0 saturated heterocycles. The number of aromatic hydroxyl groups is 1. The maximum atomic E-state index is 10.1. The quantitative estimate of drug-likeness (QED) is 0.732. The molecular formula is C14H21NO2. The van der Waals surface area contributed by atoms with E-state index < -0.39 is 0 Å². The number of benzene rings is 1. The molecule has 1 aliphatic rings. The van der Waals surface area contributed by atoms with Crippen LogP contribution < -0.4 is 5.73 Å². The van der Waals surface area contributed by atoms with Crippen LogP contribution in [0.1, 0.15) is 36.8 Å². The Morgan fingerprint density at radius 3 is 2.53 bits per heavy atom. The van der Waals surface area contributed by atoms with Crippen molar-refractivity contribution in [2.45, 2.75) is 44.1 Å². The topological polar surface area (TPSA) is 66.5 Å². The first-order valence-corrected chi connectivity index (χ1v) is 6.26. The number of aliphatic hydroxyl groups excluding tert-OH is 1. The van der Waals surface area contributed by atoms with E-state index in [1.807, 2.05) is 19.1 Å². The summed E-state index contributed by atoms with van der Waals surface area (Å²) in [4.78, 5) is 0. The monoisotopic (exact) mass is 235 g/mol. The number of phenols is 1. The lowest BCUT2D eigenvalue weighted by molar-refractivity contribution is 0.0966. The van der Waals surface area contributed by atoms with Crippen LogP contribution >= 0.6 is 0 Å². The molecule has 0 spiro atoms. The molecule has 3 nitrogen and oxygen atoms in total. The zero-order chi connectivity index (χ0) is 12.5. The van der Waals surface area contributed by atoms with Gasteiger partial charge in [-0.25, -0.2) is 0 Å². The summed E-state index contributed by atoms with van der Waals surface area (Å²) >= 11 is 0. The van der Waals surface area contributed by atoms with Gasteiger partial charge in [0.15, 0.2) is 0 Å². The van der Waals surface area contributed by atoms with Crippen LogP contribution in [0.4, 0.5) is 0 Å². The van der Waals surface area contributed by atoms with Gasteiger partial charge in [-0.3, -0.25) is 0 Å². The van der Waals surface area contributed by atoms with Crippen molar-refractivity contribution in [3.63, 3.8) is 0 Å². The van der Waals surface area contributed by atoms with E-state index >= 15 is 0 Å². The molecule has 0 bridgehead atoms. The zero-order valence-electron chi connectivity index (χ0n) is 10.3. The van der Waals surface area contributed by atoms with E-state index in [4.69, 9.17) is 5.73 Å². The van der Waals surface area contributed by atoms with E-state index in [2.05, 4.69) is 0 Å². The minimum atomic E-state index is -0.206. The van der Waals surface area contributed by atoms with Crippen molar-refractivity contribution < 1.29 is 10.2 Å². The molecule has 1 fully saturated rings. The van der Waals surface area contributed by atoms with Gasteiger partial charge in [-0.05, 0) is 44.2 Å². The van der Waals surface area contributed by atoms with Gasteiger partial charge in [0.25, 0.3) is 0 Å². The molecule has 2 rings (SSSR count). The lowest BCUT2D eigenvalue weighted by atomic mass is 9.68. The Bertz CT molecular complexity index is 395. The van der Waals surface area contributed by atoms with Crippen LogP contribution in [0.5, 0.6) is 5.75 Å². The Labute approximate surface area is 102 Å². The molecule has 0 radical (unpaired) electrons. The summed E-state index contributed by atoms with van der Waals surface area (Å²) in [5.74, 6) is 0.340. The molecule has 1 aromatic rings. The van der Waals surface area contributed by atoms with E-state index in [-0.39, 0.29) is 11.5 Å². The fraction of sp³-hybridized carbons (Fsp3) is 0.571. The molecule has 1 aliphatic carbocycles. The fourth-order valence-electron chi connectivity index (χ4n) is 2.83. The van der Waals surface area contributed by atoms with Crippen molar-refractivity contribution in [1.29, 1.82) is 0 Å². The highest BCUT2D eigenvalue weighted by Crippen LogP contribution is 2.42. The molecule has 0 atom stereocenters. The van der Waals surface area contributed by atoms with Gasteiger partial charge in [0, 0.05) is 17.5 Å². The van der Waals surface area contributed by atoms with Gasteiger partial charge < -0.3 is 15.9 Å². The van der Waals surface area contributed by atoms with Gasteiger partial charge >= 0.3 is 0 Å². The number of phenolic OH excluding ortho intramolecular Hbond substituents is 1. The predicted octanol–water partition coefficient (Wildman–Crippen LogP) is 1.83. The van der Waals surface area contributed by atoms with Crippen LogP contribution in [0, 0.1) is 6.92 Å². The molecule has 3 heteroatoms. The van der Waals surface area contributed by atoms with Gasteiger partial charge in [0.1, 0.15) is 5.75 Å². The molecule has 94 valence electrons. The zero-order valence-corrected chi connectivity index (χ0v) is 10.3. The molecule has 0 heterocycles. The van der Waals surface area contributed by atoms with Crippen molar-refractivity contribution in [3.8, 4) is 5.75 Å². The van der Waals surface area contributed by atoms with Gasteiger partial charge in [-0.15, -0.1) is 0 Å². The smallest absolute Gasteiger partial charge is 0.119 e. The van der Waals surface area contributed by atoms with Crippen molar-refractivity contribution in [1.82, 2.24) is 0 Å². The third-order valence-corrected chi connectivity index (χ3v) is 4.03. The third-order valence-electron chi connectivity index (χ3n) is 4.03. The summed E-state index contributed by atoms with van der Waals surface area (Å²) < 4.78 is 0. The molecule has 1 aromatic carbocycles. The Balaban J connectivity index is 2.34. The van der Waals surface area contributed by atoms with Gasteiger partial charge in [-0.2, -0.15) is 0 Å². The number of hydrogen-bond donors (Lipinski definition) is 3. The number of aliphatic hydroxyl groups is 1. The maximum absolute atomic E-state index is 10.1. The second-order valence-corrected chi connectivity index (χ2v) is 5.24. The second-order valence-electron chi connectivity index (χ2n) is 5.24. The third kappa shape index (κ3) is 2.31. The van der Waals surface area contributed by atoms with Gasteiger partial charge in [0.05, 0.1) is 6.10 Å².